The zero-order valence-corrected chi connectivity index (χ0v) is 11.5. The predicted octanol–water partition coefficient (Wildman–Crippen LogP) is 2.72. The van der Waals surface area contributed by atoms with Gasteiger partial charge >= 0.3 is 0 Å². The van der Waals surface area contributed by atoms with Crippen molar-refractivity contribution in [1.82, 2.24) is 10.3 Å². The summed E-state index contributed by atoms with van der Waals surface area (Å²) in [6.07, 6.45) is 2.73. The Bertz CT molecular complexity index is 662. The average Bonchev–Trinajstić information content (AvgIpc) is 3.18. The number of hydrogen-bond acceptors (Lipinski definition) is 5. The summed E-state index contributed by atoms with van der Waals surface area (Å²) < 4.78 is 10.00. The van der Waals surface area contributed by atoms with Crippen molar-refractivity contribution in [3.05, 3.63) is 71.4 Å². The lowest BCUT2D eigenvalue weighted by atomic mass is 10.0. The van der Waals surface area contributed by atoms with Gasteiger partial charge in [0.05, 0.1) is 6.26 Å². The minimum absolute atomic E-state index is 0.334. The zero-order valence-electron chi connectivity index (χ0n) is 11.5. The highest BCUT2D eigenvalue weighted by atomic mass is 16.6. The summed E-state index contributed by atoms with van der Waals surface area (Å²) in [5.41, 5.74) is 2.69. The first-order valence-electron chi connectivity index (χ1n) is 6.88. The van der Waals surface area contributed by atoms with E-state index >= 15 is 0 Å². The highest BCUT2D eigenvalue weighted by Gasteiger charge is 2.17. The molecule has 5 heteroatoms. The van der Waals surface area contributed by atoms with E-state index < -0.39 is 6.10 Å². The summed E-state index contributed by atoms with van der Waals surface area (Å²) in [4.78, 5) is 0. The van der Waals surface area contributed by atoms with E-state index in [2.05, 4.69) is 22.4 Å². The van der Waals surface area contributed by atoms with Gasteiger partial charge in [0, 0.05) is 6.42 Å². The molecule has 0 aliphatic heterocycles. The number of nitrogens with zero attached hydrogens (tertiary/aromatic N) is 2. The largest absolute Gasteiger partial charge is 0.467 e. The van der Waals surface area contributed by atoms with Crippen LogP contribution in [0.25, 0.3) is 0 Å². The lowest BCUT2D eigenvalue weighted by Crippen LogP contribution is -2.04. The van der Waals surface area contributed by atoms with Gasteiger partial charge in [-0.3, -0.25) is 0 Å². The van der Waals surface area contributed by atoms with Crippen LogP contribution in [0.1, 0.15) is 28.8 Å². The highest BCUT2D eigenvalue weighted by molar-refractivity contribution is 5.18. The Morgan fingerprint density at radius 3 is 2.52 bits per heavy atom. The van der Waals surface area contributed by atoms with Crippen LogP contribution in [0, 0.1) is 0 Å². The molecule has 0 saturated carbocycles. The molecule has 0 spiro atoms. The van der Waals surface area contributed by atoms with Crippen molar-refractivity contribution < 1.29 is 14.2 Å². The van der Waals surface area contributed by atoms with Crippen molar-refractivity contribution in [2.24, 2.45) is 0 Å². The first-order valence-corrected chi connectivity index (χ1v) is 6.88. The Balaban J connectivity index is 1.64. The Kier molecular flexibility index (Phi) is 4.12. The normalized spacial score (nSPS) is 12.4. The van der Waals surface area contributed by atoms with Crippen LogP contribution in [-0.4, -0.2) is 15.4 Å². The van der Waals surface area contributed by atoms with Crippen molar-refractivity contribution in [2.45, 2.75) is 25.4 Å². The number of rotatable bonds is 6. The number of aromatic nitrogens is 2. The van der Waals surface area contributed by atoms with E-state index in [9.17, 15) is 5.11 Å². The molecular weight excluding hydrogens is 268 g/mol. The molecule has 1 atom stereocenters. The van der Waals surface area contributed by atoms with Crippen LogP contribution in [0.15, 0.2) is 57.8 Å². The van der Waals surface area contributed by atoms with Crippen LogP contribution in [0.3, 0.4) is 0 Å². The molecule has 0 bridgehead atoms. The Morgan fingerprint density at radius 2 is 1.76 bits per heavy atom. The molecule has 1 unspecified atom stereocenters. The smallest absolute Gasteiger partial charge is 0.132 e. The number of benzene rings is 1. The van der Waals surface area contributed by atoms with E-state index in [0.29, 0.717) is 17.9 Å². The molecule has 21 heavy (non-hydrogen) atoms. The van der Waals surface area contributed by atoms with Gasteiger partial charge < -0.3 is 9.52 Å². The topological polar surface area (TPSA) is 72.3 Å². The van der Waals surface area contributed by atoms with Crippen LogP contribution in [-0.2, 0) is 19.3 Å². The molecular formula is C16H16N2O3. The van der Waals surface area contributed by atoms with Crippen LogP contribution in [0.5, 0.6) is 0 Å². The SMILES string of the molecule is OC(Cc1nonc1CCc1ccccc1)c1ccco1. The van der Waals surface area contributed by atoms with Crippen LogP contribution in [0.2, 0.25) is 0 Å². The fraction of sp³-hybridized carbons (Fsp3) is 0.250. The number of hydrogen-bond donors (Lipinski definition) is 1. The van der Waals surface area contributed by atoms with Gasteiger partial charge in [0.2, 0.25) is 0 Å². The standard InChI is InChI=1S/C16H16N2O3/c19-15(16-7-4-10-20-16)11-14-13(17-21-18-14)9-8-12-5-2-1-3-6-12/h1-7,10,15,19H,8-9,11H2. The summed E-state index contributed by atoms with van der Waals surface area (Å²) in [7, 11) is 0. The molecule has 0 aliphatic rings. The molecule has 2 aromatic heterocycles. The van der Waals surface area contributed by atoms with Gasteiger partial charge in [-0.25, -0.2) is 4.63 Å². The highest BCUT2D eigenvalue weighted by Crippen LogP contribution is 2.19. The minimum Gasteiger partial charge on any atom is -0.467 e. The fourth-order valence-corrected chi connectivity index (χ4v) is 2.24. The van der Waals surface area contributed by atoms with E-state index in [4.69, 9.17) is 9.05 Å². The fourth-order valence-electron chi connectivity index (χ4n) is 2.24. The number of furan rings is 1. The molecule has 0 saturated heterocycles. The summed E-state index contributed by atoms with van der Waals surface area (Å²) in [5.74, 6) is 0.520. The van der Waals surface area contributed by atoms with Crippen molar-refractivity contribution in [2.75, 3.05) is 0 Å². The third-order valence-electron chi connectivity index (χ3n) is 3.39. The molecule has 1 aromatic carbocycles. The molecule has 108 valence electrons. The van der Waals surface area contributed by atoms with Gasteiger partial charge in [0.15, 0.2) is 0 Å². The molecule has 0 amide bonds. The maximum absolute atomic E-state index is 10.1. The maximum atomic E-state index is 10.1. The number of aryl methyl sites for hydroxylation is 2. The van der Waals surface area contributed by atoms with E-state index in [1.807, 2.05) is 18.2 Å². The number of aliphatic hydroxyl groups excluding tert-OH is 1. The molecule has 3 rings (SSSR count). The maximum Gasteiger partial charge on any atom is 0.132 e. The van der Waals surface area contributed by atoms with Crippen molar-refractivity contribution in [1.29, 1.82) is 0 Å². The van der Waals surface area contributed by atoms with Crippen LogP contribution in [0.4, 0.5) is 0 Å². The third kappa shape index (κ3) is 3.38. The zero-order chi connectivity index (χ0) is 14.5. The molecule has 2 heterocycles. The predicted molar refractivity (Wildman–Crippen MR) is 75.5 cm³/mol. The quantitative estimate of drug-likeness (QED) is 0.753. The van der Waals surface area contributed by atoms with Crippen LogP contribution < -0.4 is 0 Å². The summed E-state index contributed by atoms with van der Waals surface area (Å²) in [6.45, 7) is 0. The van der Waals surface area contributed by atoms with Gasteiger partial charge in [0.1, 0.15) is 23.3 Å². The summed E-state index contributed by atoms with van der Waals surface area (Å²) in [6, 6.07) is 13.6. The molecule has 0 aliphatic carbocycles. The van der Waals surface area contributed by atoms with Crippen molar-refractivity contribution in [3.8, 4) is 0 Å². The Morgan fingerprint density at radius 1 is 0.952 bits per heavy atom. The minimum atomic E-state index is -0.734. The van der Waals surface area contributed by atoms with Gasteiger partial charge in [0.25, 0.3) is 0 Å². The van der Waals surface area contributed by atoms with E-state index in [0.717, 1.165) is 18.5 Å². The first-order chi connectivity index (χ1) is 10.3. The molecule has 0 fully saturated rings. The number of aliphatic hydroxyl groups is 1. The van der Waals surface area contributed by atoms with Gasteiger partial charge in [-0.1, -0.05) is 40.6 Å². The lowest BCUT2D eigenvalue weighted by molar-refractivity contribution is 0.147. The Hall–Kier alpha value is -2.40. The summed E-state index contributed by atoms with van der Waals surface area (Å²) in [5, 5.41) is 17.9. The van der Waals surface area contributed by atoms with Crippen LogP contribution >= 0.6 is 0 Å². The second-order valence-electron chi connectivity index (χ2n) is 4.88. The van der Waals surface area contributed by atoms with Gasteiger partial charge in [-0.05, 0) is 30.5 Å². The van der Waals surface area contributed by atoms with E-state index in [1.165, 1.54) is 11.8 Å². The van der Waals surface area contributed by atoms with Crippen molar-refractivity contribution in [3.63, 3.8) is 0 Å². The second-order valence-corrected chi connectivity index (χ2v) is 4.88. The molecule has 0 radical (unpaired) electrons. The average molecular weight is 284 g/mol. The van der Waals surface area contributed by atoms with E-state index in [-0.39, 0.29) is 0 Å². The van der Waals surface area contributed by atoms with Gasteiger partial charge in [-0.2, -0.15) is 0 Å². The lowest BCUT2D eigenvalue weighted by Gasteiger charge is -2.05. The van der Waals surface area contributed by atoms with Crippen molar-refractivity contribution >= 4 is 0 Å². The third-order valence-corrected chi connectivity index (χ3v) is 3.39. The molecule has 1 N–H and O–H groups in total. The van der Waals surface area contributed by atoms with E-state index in [1.54, 1.807) is 12.1 Å². The molecule has 3 aromatic rings. The first kappa shape index (κ1) is 13.6. The Labute approximate surface area is 122 Å². The second kappa shape index (κ2) is 6.37. The molecule has 5 nitrogen and oxygen atoms in total. The van der Waals surface area contributed by atoms with Gasteiger partial charge in [-0.15, -0.1) is 0 Å². The monoisotopic (exact) mass is 284 g/mol. The summed E-state index contributed by atoms with van der Waals surface area (Å²) >= 11 is 0.